The van der Waals surface area contributed by atoms with E-state index >= 15 is 0 Å². The van der Waals surface area contributed by atoms with Crippen molar-refractivity contribution in [2.75, 3.05) is 18.8 Å². The molecular weight excluding hydrogens is 687 g/mol. The monoisotopic (exact) mass is 774 g/mol. The van der Waals surface area contributed by atoms with Crippen LogP contribution < -0.4 is 11.5 Å². The average Bonchev–Trinajstić information content (AvgIpc) is 3.44. The van der Waals surface area contributed by atoms with Gasteiger partial charge in [0.2, 0.25) is 5.91 Å². The molecule has 0 unspecified atom stereocenters. The Morgan fingerprint density at radius 1 is 0.887 bits per heavy atom. The maximum atomic E-state index is 13.4. The van der Waals surface area contributed by atoms with E-state index in [1.807, 2.05) is 10.8 Å². The molecular formula is C47H87N3OS2. The van der Waals surface area contributed by atoms with E-state index in [9.17, 15) is 4.79 Å². The number of hydrogen-bond acceptors (Lipinski definition) is 5. The summed E-state index contributed by atoms with van der Waals surface area (Å²) >= 11 is 0. The number of hydrogen-bond donors (Lipinski definition) is 2. The van der Waals surface area contributed by atoms with Crippen LogP contribution in [-0.2, 0) is 4.79 Å². The minimum absolute atomic E-state index is 0.0647. The first kappa shape index (κ1) is 45.5. The standard InChI is InChI=1S/C47H87N3OS2/c1-11-36(34(2)3)18-17-35(4)40-21-22-41-39-20-19-37-33-38(23-27-46(37,9)42(39)24-28-47(40,41)10)53-52-32-25-43(51)50(31-29-45(7,8)49)30-16-14-12-13-15-26-44(5,6)48/h19,34-36,38-42H,11-18,20-33,48-49H2,1-10H3/t35-,36-,38+,39+,40-,41+,42+,46+,47-/m1/s1. The quantitative estimate of drug-likeness (QED) is 0.0651. The molecule has 53 heavy (non-hydrogen) atoms. The Labute approximate surface area is 337 Å². The lowest BCUT2D eigenvalue weighted by molar-refractivity contribution is -0.131. The SMILES string of the molecule is CC[C@H](CC[C@@H](C)[C@H]1CC[C@H]2[C@@H]3CC=C4C[C@@H](SSCCC(=O)N(CCCCCCCC(C)(C)N)CCC(C)(C)N)CC[C@]4(C)[C@H]3CC[C@]12C)C(C)C. The Kier molecular flexibility index (Phi) is 17.2. The van der Waals surface area contributed by atoms with Crippen molar-refractivity contribution in [2.24, 2.45) is 63.7 Å². The van der Waals surface area contributed by atoms with Gasteiger partial charge >= 0.3 is 0 Å². The molecule has 4 aliphatic rings. The molecule has 0 aromatic carbocycles. The Hall–Kier alpha value is -0.170. The van der Waals surface area contributed by atoms with E-state index in [2.05, 4.69) is 91.0 Å². The number of rotatable bonds is 22. The van der Waals surface area contributed by atoms with Crippen molar-refractivity contribution in [3.63, 3.8) is 0 Å². The van der Waals surface area contributed by atoms with Gasteiger partial charge in [0, 0.05) is 41.6 Å². The molecule has 4 aliphatic carbocycles. The van der Waals surface area contributed by atoms with Crippen molar-refractivity contribution in [2.45, 2.75) is 208 Å². The summed E-state index contributed by atoms with van der Waals surface area (Å²) in [6, 6.07) is 0. The fourth-order valence-electron chi connectivity index (χ4n) is 12.0. The van der Waals surface area contributed by atoms with Crippen LogP contribution in [0.3, 0.4) is 0 Å². The van der Waals surface area contributed by atoms with Gasteiger partial charge in [-0.3, -0.25) is 4.79 Å². The van der Waals surface area contributed by atoms with Crippen LogP contribution in [0.2, 0.25) is 0 Å². The fourth-order valence-corrected chi connectivity index (χ4v) is 14.6. The predicted molar refractivity (Wildman–Crippen MR) is 236 cm³/mol. The third-order valence-electron chi connectivity index (χ3n) is 15.5. The average molecular weight is 774 g/mol. The highest BCUT2D eigenvalue weighted by Crippen LogP contribution is 2.67. The summed E-state index contributed by atoms with van der Waals surface area (Å²) in [6.45, 7) is 25.3. The molecule has 6 heteroatoms. The first-order chi connectivity index (χ1) is 24.9. The molecule has 0 radical (unpaired) electrons. The van der Waals surface area contributed by atoms with Gasteiger partial charge in [0.15, 0.2) is 0 Å². The van der Waals surface area contributed by atoms with Gasteiger partial charge in [-0.2, -0.15) is 0 Å². The lowest BCUT2D eigenvalue weighted by Crippen LogP contribution is -2.50. The summed E-state index contributed by atoms with van der Waals surface area (Å²) in [5, 5.41) is 0.688. The zero-order valence-corrected chi connectivity index (χ0v) is 38.2. The Bertz CT molecular complexity index is 1160. The number of allylic oxidation sites excluding steroid dienone is 2. The van der Waals surface area contributed by atoms with E-state index in [1.165, 1.54) is 96.3 Å². The third-order valence-corrected chi connectivity index (χ3v) is 18.4. The van der Waals surface area contributed by atoms with Gasteiger partial charge in [-0.25, -0.2) is 0 Å². The van der Waals surface area contributed by atoms with Crippen molar-refractivity contribution in [1.82, 2.24) is 4.90 Å². The second kappa shape index (κ2) is 20.0. The van der Waals surface area contributed by atoms with Crippen molar-refractivity contribution >= 4 is 27.5 Å². The molecule has 0 aromatic heterocycles. The molecule has 0 spiro atoms. The summed E-state index contributed by atoms with van der Waals surface area (Å²) in [5.41, 5.74) is 14.9. The van der Waals surface area contributed by atoms with Gasteiger partial charge < -0.3 is 16.4 Å². The van der Waals surface area contributed by atoms with E-state index in [1.54, 1.807) is 5.57 Å². The smallest absolute Gasteiger partial charge is 0.223 e. The molecule has 4 N–H and O–H groups in total. The number of nitrogens with zero attached hydrogens (tertiary/aromatic N) is 1. The summed E-state index contributed by atoms with van der Waals surface area (Å²) in [7, 11) is 4.05. The predicted octanol–water partition coefficient (Wildman–Crippen LogP) is 12.8. The minimum Gasteiger partial charge on any atom is -0.343 e. The molecule has 0 aliphatic heterocycles. The normalized spacial score (nSPS) is 31.4. The lowest BCUT2D eigenvalue weighted by atomic mass is 9.47. The highest BCUT2D eigenvalue weighted by molar-refractivity contribution is 8.76. The zero-order chi connectivity index (χ0) is 39.0. The van der Waals surface area contributed by atoms with Crippen LogP contribution in [0, 0.1) is 52.3 Å². The lowest BCUT2D eigenvalue weighted by Gasteiger charge is -2.58. The summed E-state index contributed by atoms with van der Waals surface area (Å²) < 4.78 is 0. The molecule has 0 aromatic rings. The molecule has 3 fully saturated rings. The molecule has 0 heterocycles. The maximum Gasteiger partial charge on any atom is 0.223 e. The van der Waals surface area contributed by atoms with Crippen LogP contribution in [0.1, 0.15) is 191 Å². The topological polar surface area (TPSA) is 72.3 Å². The molecule has 3 saturated carbocycles. The molecule has 308 valence electrons. The highest BCUT2D eigenvalue weighted by Gasteiger charge is 2.59. The van der Waals surface area contributed by atoms with Crippen LogP contribution in [0.5, 0.6) is 0 Å². The zero-order valence-electron chi connectivity index (χ0n) is 36.6. The van der Waals surface area contributed by atoms with Gasteiger partial charge in [0.1, 0.15) is 0 Å². The summed E-state index contributed by atoms with van der Waals surface area (Å²) in [6.07, 6.45) is 26.6. The summed E-state index contributed by atoms with van der Waals surface area (Å²) in [4.78, 5) is 15.6. The van der Waals surface area contributed by atoms with E-state index in [0.29, 0.717) is 28.4 Å². The minimum atomic E-state index is -0.248. The Morgan fingerprint density at radius 2 is 1.58 bits per heavy atom. The van der Waals surface area contributed by atoms with Crippen LogP contribution in [0.25, 0.3) is 0 Å². The van der Waals surface area contributed by atoms with Gasteiger partial charge in [-0.05, 0) is 157 Å². The van der Waals surface area contributed by atoms with E-state index < -0.39 is 0 Å². The van der Waals surface area contributed by atoms with Crippen molar-refractivity contribution in [3.05, 3.63) is 11.6 Å². The molecule has 0 saturated heterocycles. The van der Waals surface area contributed by atoms with Crippen LogP contribution >= 0.6 is 21.6 Å². The first-order valence-corrected chi connectivity index (χ1v) is 25.1. The van der Waals surface area contributed by atoms with Crippen LogP contribution in [-0.4, -0.2) is 46.0 Å². The second-order valence-corrected chi connectivity index (χ2v) is 23.9. The number of carbonyl (C=O) groups excluding carboxylic acids is 1. The number of amides is 1. The number of nitrogens with two attached hydrogens (primary N) is 2. The van der Waals surface area contributed by atoms with Crippen LogP contribution in [0.4, 0.5) is 0 Å². The molecule has 4 nitrogen and oxygen atoms in total. The van der Waals surface area contributed by atoms with Crippen molar-refractivity contribution < 1.29 is 4.79 Å². The largest absolute Gasteiger partial charge is 0.343 e. The Balaban J connectivity index is 1.23. The number of unbranched alkanes of at least 4 members (excludes halogenated alkanes) is 4. The van der Waals surface area contributed by atoms with E-state index in [0.717, 1.165) is 79.5 Å². The van der Waals surface area contributed by atoms with Crippen molar-refractivity contribution in [1.29, 1.82) is 0 Å². The number of carbonyl (C=O) groups is 1. The Morgan fingerprint density at radius 3 is 2.26 bits per heavy atom. The van der Waals surface area contributed by atoms with Gasteiger partial charge in [0.25, 0.3) is 0 Å². The maximum absolute atomic E-state index is 13.4. The molecule has 0 bridgehead atoms. The van der Waals surface area contributed by atoms with E-state index in [-0.39, 0.29) is 11.1 Å². The molecule has 9 atom stereocenters. The van der Waals surface area contributed by atoms with Crippen molar-refractivity contribution in [3.8, 4) is 0 Å². The van der Waals surface area contributed by atoms with Crippen LogP contribution in [0.15, 0.2) is 11.6 Å². The summed E-state index contributed by atoms with van der Waals surface area (Å²) in [5.74, 6) is 7.47. The number of fused-ring (bicyclic) bond motifs is 5. The van der Waals surface area contributed by atoms with Gasteiger partial charge in [-0.1, -0.05) is 113 Å². The van der Waals surface area contributed by atoms with Gasteiger partial charge in [-0.15, -0.1) is 0 Å². The first-order valence-electron chi connectivity index (χ1n) is 22.7. The molecule has 4 rings (SSSR count). The molecule has 1 amide bonds. The fraction of sp³-hybridized carbons (Fsp3) is 0.936. The van der Waals surface area contributed by atoms with Gasteiger partial charge in [0.05, 0.1) is 0 Å². The highest BCUT2D eigenvalue weighted by atomic mass is 33.1. The second-order valence-electron chi connectivity index (χ2n) is 21.1. The van der Waals surface area contributed by atoms with E-state index in [4.69, 9.17) is 11.5 Å². The third kappa shape index (κ3) is 12.7.